The topological polar surface area (TPSA) is 56.0 Å². The third kappa shape index (κ3) is 2.91. The van der Waals surface area contributed by atoms with Gasteiger partial charge in [0.25, 0.3) is 5.91 Å². The fraction of sp³-hybridized carbons (Fsp3) is 0.381. The number of rotatable bonds is 3. The van der Waals surface area contributed by atoms with Gasteiger partial charge in [-0.1, -0.05) is 0 Å². The number of carbonyl (C=O) groups is 1. The Labute approximate surface area is 170 Å². The minimum atomic E-state index is -1.49. The van der Waals surface area contributed by atoms with Gasteiger partial charge in [0, 0.05) is 30.9 Å². The average Bonchev–Trinajstić information content (AvgIpc) is 3.34. The molecule has 3 heterocycles. The summed E-state index contributed by atoms with van der Waals surface area (Å²) >= 11 is 0. The summed E-state index contributed by atoms with van der Waals surface area (Å²) in [6.45, 7) is 2.32. The van der Waals surface area contributed by atoms with Crippen LogP contribution in [0.3, 0.4) is 0 Å². The molecule has 0 spiro atoms. The Morgan fingerprint density at radius 1 is 1.17 bits per heavy atom. The Morgan fingerprint density at radius 3 is 2.53 bits per heavy atom. The lowest BCUT2D eigenvalue weighted by Crippen LogP contribution is -2.38. The van der Waals surface area contributed by atoms with Crippen molar-refractivity contribution in [2.45, 2.75) is 38.3 Å². The molecular weight excluding hydrogens is 395 g/mol. The Bertz CT molecular complexity index is 1140. The molecule has 6 nitrogen and oxygen atoms in total. The van der Waals surface area contributed by atoms with Crippen molar-refractivity contribution in [2.24, 2.45) is 7.05 Å². The number of nitrogens with zero attached hydrogens (tertiary/aromatic N) is 5. The van der Waals surface area contributed by atoms with E-state index in [9.17, 15) is 18.0 Å². The minimum absolute atomic E-state index is 0.119. The lowest BCUT2D eigenvalue weighted by molar-refractivity contribution is 0.0673. The maximum atomic E-state index is 13.8. The summed E-state index contributed by atoms with van der Waals surface area (Å²) in [5, 5.41) is 8.82. The molecule has 1 atom stereocenters. The lowest BCUT2D eigenvalue weighted by Gasteiger charge is -2.32. The number of hydrogen-bond acceptors (Lipinski definition) is 3. The Balaban J connectivity index is 1.48. The number of aryl methyl sites for hydroxylation is 1. The van der Waals surface area contributed by atoms with Crippen molar-refractivity contribution in [3.8, 4) is 11.3 Å². The molecular formula is C21H20F3N5O. The largest absolute Gasteiger partial charge is 0.330 e. The van der Waals surface area contributed by atoms with E-state index < -0.39 is 17.5 Å². The Morgan fingerprint density at radius 2 is 1.87 bits per heavy atom. The highest BCUT2D eigenvalue weighted by molar-refractivity contribution is 5.94. The highest BCUT2D eigenvalue weighted by Crippen LogP contribution is 2.37. The molecule has 0 radical (unpaired) electrons. The minimum Gasteiger partial charge on any atom is -0.330 e. The summed E-state index contributed by atoms with van der Waals surface area (Å²) in [4.78, 5) is 14.8. The first kappa shape index (κ1) is 18.9. The first-order valence-corrected chi connectivity index (χ1v) is 9.91. The van der Waals surface area contributed by atoms with Gasteiger partial charge in [0.05, 0.1) is 35.2 Å². The second-order valence-corrected chi connectivity index (χ2v) is 7.95. The number of halogens is 3. The normalized spacial score (nSPS) is 18.6. The number of hydrogen-bond donors (Lipinski definition) is 0. The SMILES string of the molecule is C[C@H]1c2nn(C)c(-c3cc(F)c(F)c(F)c3)c2CCN1C(=O)c1cnn(C2CC2)c1. The monoisotopic (exact) mass is 415 g/mol. The summed E-state index contributed by atoms with van der Waals surface area (Å²) in [7, 11) is 1.67. The first-order valence-electron chi connectivity index (χ1n) is 9.91. The second-order valence-electron chi connectivity index (χ2n) is 7.95. The van der Waals surface area contributed by atoms with Crippen LogP contribution < -0.4 is 0 Å². The third-order valence-corrected chi connectivity index (χ3v) is 5.93. The number of amides is 1. The fourth-order valence-corrected chi connectivity index (χ4v) is 4.23. The van der Waals surface area contributed by atoms with Crippen molar-refractivity contribution < 1.29 is 18.0 Å². The van der Waals surface area contributed by atoms with Gasteiger partial charge in [-0.2, -0.15) is 10.2 Å². The Kier molecular flexibility index (Phi) is 4.23. The molecule has 5 rings (SSSR count). The maximum Gasteiger partial charge on any atom is 0.257 e. The molecule has 0 unspecified atom stereocenters. The smallest absolute Gasteiger partial charge is 0.257 e. The molecule has 2 aromatic heterocycles. The van der Waals surface area contributed by atoms with E-state index in [1.807, 2.05) is 11.6 Å². The summed E-state index contributed by atoms with van der Waals surface area (Å²) in [5.41, 5.74) is 2.78. The molecule has 0 saturated heterocycles. The van der Waals surface area contributed by atoms with Crippen molar-refractivity contribution in [3.63, 3.8) is 0 Å². The van der Waals surface area contributed by atoms with Crippen LogP contribution in [0.5, 0.6) is 0 Å². The molecule has 30 heavy (non-hydrogen) atoms. The standard InChI is InChI=1S/C21H20F3N5O/c1-11-19-15(20(27(2)26-19)12-7-16(22)18(24)17(23)8-12)5-6-28(11)21(30)13-9-25-29(10-13)14-3-4-14/h7-11,14H,3-6H2,1-2H3/t11-/m0/s1. The first-order chi connectivity index (χ1) is 14.3. The van der Waals surface area contributed by atoms with Gasteiger partial charge in [-0.15, -0.1) is 0 Å². The summed E-state index contributed by atoms with van der Waals surface area (Å²) in [6.07, 6.45) is 6.03. The predicted octanol–water partition coefficient (Wildman–Crippen LogP) is 3.80. The van der Waals surface area contributed by atoms with Crippen molar-refractivity contribution in [2.75, 3.05) is 6.54 Å². The molecule has 1 aliphatic carbocycles. The molecule has 1 aromatic carbocycles. The summed E-state index contributed by atoms with van der Waals surface area (Å²) in [6, 6.07) is 2.03. The van der Waals surface area contributed by atoms with Crippen LogP contribution in [0.4, 0.5) is 13.2 Å². The third-order valence-electron chi connectivity index (χ3n) is 5.93. The quantitative estimate of drug-likeness (QED) is 0.612. The van der Waals surface area contributed by atoms with Crippen LogP contribution in [0.15, 0.2) is 24.5 Å². The van der Waals surface area contributed by atoms with Crippen molar-refractivity contribution >= 4 is 5.91 Å². The zero-order valence-electron chi connectivity index (χ0n) is 16.6. The fourth-order valence-electron chi connectivity index (χ4n) is 4.23. The highest BCUT2D eigenvalue weighted by Gasteiger charge is 2.34. The summed E-state index contributed by atoms with van der Waals surface area (Å²) in [5.74, 6) is -4.10. The van der Waals surface area contributed by atoms with Crippen LogP contribution in [0.25, 0.3) is 11.3 Å². The van der Waals surface area contributed by atoms with Crippen LogP contribution in [-0.4, -0.2) is 36.9 Å². The van der Waals surface area contributed by atoms with Gasteiger partial charge >= 0.3 is 0 Å². The van der Waals surface area contributed by atoms with Gasteiger partial charge in [0.2, 0.25) is 0 Å². The van der Waals surface area contributed by atoms with Crippen LogP contribution in [0.2, 0.25) is 0 Å². The number of fused-ring (bicyclic) bond motifs is 1. The molecule has 1 fully saturated rings. The van der Waals surface area contributed by atoms with E-state index in [2.05, 4.69) is 10.2 Å². The van der Waals surface area contributed by atoms with E-state index in [0.717, 1.165) is 30.5 Å². The van der Waals surface area contributed by atoms with Crippen molar-refractivity contribution in [3.05, 3.63) is 58.8 Å². The Hall–Kier alpha value is -3.10. The maximum absolute atomic E-state index is 13.8. The van der Waals surface area contributed by atoms with E-state index >= 15 is 0 Å². The molecule has 0 N–H and O–H groups in total. The zero-order chi connectivity index (χ0) is 21.2. The predicted molar refractivity (Wildman–Crippen MR) is 102 cm³/mol. The van der Waals surface area contributed by atoms with Gasteiger partial charge in [-0.25, -0.2) is 13.2 Å². The van der Waals surface area contributed by atoms with Crippen molar-refractivity contribution in [1.82, 2.24) is 24.5 Å². The van der Waals surface area contributed by atoms with Crippen LogP contribution in [-0.2, 0) is 13.5 Å². The van der Waals surface area contributed by atoms with E-state index in [1.165, 1.54) is 4.68 Å². The number of aromatic nitrogens is 4. The molecule has 3 aromatic rings. The molecule has 156 valence electrons. The van der Waals surface area contributed by atoms with E-state index in [1.54, 1.807) is 24.3 Å². The second kappa shape index (κ2) is 6.72. The van der Waals surface area contributed by atoms with Gasteiger partial charge < -0.3 is 4.90 Å². The van der Waals surface area contributed by atoms with E-state index in [-0.39, 0.29) is 17.5 Å². The highest BCUT2D eigenvalue weighted by atomic mass is 19.2. The molecule has 1 amide bonds. The van der Waals surface area contributed by atoms with Gasteiger partial charge in [0.15, 0.2) is 17.5 Å². The lowest BCUT2D eigenvalue weighted by atomic mass is 9.95. The summed E-state index contributed by atoms with van der Waals surface area (Å²) < 4.78 is 44.3. The van der Waals surface area contributed by atoms with E-state index in [0.29, 0.717) is 36.0 Å². The van der Waals surface area contributed by atoms with E-state index in [4.69, 9.17) is 0 Å². The van der Waals surface area contributed by atoms with Crippen molar-refractivity contribution in [1.29, 1.82) is 0 Å². The molecule has 9 heteroatoms. The van der Waals surface area contributed by atoms with Crippen LogP contribution in [0, 0.1) is 17.5 Å². The van der Waals surface area contributed by atoms with Gasteiger partial charge in [-0.3, -0.25) is 14.2 Å². The molecule has 2 aliphatic rings. The molecule has 0 bridgehead atoms. The molecule has 1 saturated carbocycles. The van der Waals surface area contributed by atoms with Gasteiger partial charge in [-0.05, 0) is 38.3 Å². The van der Waals surface area contributed by atoms with Crippen LogP contribution in [0.1, 0.15) is 53.5 Å². The number of benzene rings is 1. The zero-order valence-corrected chi connectivity index (χ0v) is 16.6. The number of carbonyl (C=O) groups excluding carboxylic acids is 1. The molecule has 1 aliphatic heterocycles. The van der Waals surface area contributed by atoms with Gasteiger partial charge in [0.1, 0.15) is 0 Å². The van der Waals surface area contributed by atoms with Crippen LogP contribution >= 0.6 is 0 Å². The average molecular weight is 415 g/mol.